The molecule has 3 fully saturated rings. The maximum atomic E-state index is 13.2. The van der Waals surface area contributed by atoms with Crippen molar-refractivity contribution in [1.29, 1.82) is 0 Å². The fourth-order valence-electron chi connectivity index (χ4n) is 5.27. The van der Waals surface area contributed by atoms with Crippen LogP contribution in [0.5, 0.6) is 0 Å². The van der Waals surface area contributed by atoms with Crippen LogP contribution in [0.25, 0.3) is 0 Å². The van der Waals surface area contributed by atoms with E-state index in [9.17, 15) is 9.59 Å². The van der Waals surface area contributed by atoms with Crippen LogP contribution in [0.15, 0.2) is 6.07 Å². The summed E-state index contributed by atoms with van der Waals surface area (Å²) in [7, 11) is 0. The number of piperazine rings is 1. The smallest absolute Gasteiger partial charge is 0.255 e. The summed E-state index contributed by atoms with van der Waals surface area (Å²) >= 11 is 0. The zero-order valence-electron chi connectivity index (χ0n) is 18.6. The van der Waals surface area contributed by atoms with Crippen molar-refractivity contribution in [2.45, 2.75) is 52.0 Å². The lowest BCUT2D eigenvalue weighted by atomic mass is 9.95. The van der Waals surface area contributed by atoms with Gasteiger partial charge in [0.2, 0.25) is 5.91 Å². The third-order valence-corrected chi connectivity index (χ3v) is 7.04. The molecule has 3 heterocycles. The summed E-state index contributed by atoms with van der Waals surface area (Å²) in [5.41, 5.74) is 3.14. The van der Waals surface area contributed by atoms with Gasteiger partial charge in [0.1, 0.15) is 0 Å². The highest BCUT2D eigenvalue weighted by Crippen LogP contribution is 2.32. The Morgan fingerprint density at radius 1 is 0.933 bits per heavy atom. The van der Waals surface area contributed by atoms with E-state index < -0.39 is 0 Å². The highest BCUT2D eigenvalue weighted by molar-refractivity contribution is 5.96. The molecular formula is C23H36N4O3. The van der Waals surface area contributed by atoms with Crippen molar-refractivity contribution in [3.8, 4) is 0 Å². The summed E-state index contributed by atoms with van der Waals surface area (Å²) in [5, 5.41) is 0. The van der Waals surface area contributed by atoms with Gasteiger partial charge >= 0.3 is 0 Å². The number of amides is 2. The summed E-state index contributed by atoms with van der Waals surface area (Å²) in [4.78, 5) is 31.9. The number of carbonyl (C=O) groups is 2. The van der Waals surface area contributed by atoms with Crippen LogP contribution in [0.1, 0.15) is 59.9 Å². The Bertz CT molecular complexity index is 755. The van der Waals surface area contributed by atoms with Crippen LogP contribution in [0.3, 0.4) is 0 Å². The van der Waals surface area contributed by atoms with Gasteiger partial charge < -0.3 is 19.1 Å². The third-order valence-electron chi connectivity index (χ3n) is 7.04. The van der Waals surface area contributed by atoms with Gasteiger partial charge in [0, 0.05) is 56.7 Å². The van der Waals surface area contributed by atoms with Crippen molar-refractivity contribution in [2.75, 3.05) is 59.0 Å². The molecule has 2 saturated heterocycles. The van der Waals surface area contributed by atoms with E-state index >= 15 is 0 Å². The van der Waals surface area contributed by atoms with Crippen LogP contribution < -0.4 is 0 Å². The van der Waals surface area contributed by atoms with Gasteiger partial charge in [-0.05, 0) is 32.8 Å². The minimum absolute atomic E-state index is 0.116. The van der Waals surface area contributed by atoms with Crippen LogP contribution in [-0.2, 0) is 9.53 Å². The Morgan fingerprint density at radius 2 is 1.57 bits per heavy atom. The molecule has 0 unspecified atom stereocenters. The lowest BCUT2D eigenvalue weighted by Crippen LogP contribution is -2.53. The first-order valence-corrected chi connectivity index (χ1v) is 11.6. The van der Waals surface area contributed by atoms with E-state index in [1.807, 2.05) is 9.80 Å². The maximum absolute atomic E-state index is 13.2. The van der Waals surface area contributed by atoms with Crippen molar-refractivity contribution in [3.05, 3.63) is 23.0 Å². The maximum Gasteiger partial charge on any atom is 0.255 e. The SMILES string of the molecule is Cc1cc(C(=O)N2CCN(C(=O)CN3CCOCC3)CC2)c(C)n1C1CCCCC1. The van der Waals surface area contributed by atoms with E-state index in [0.717, 1.165) is 24.3 Å². The lowest BCUT2D eigenvalue weighted by molar-refractivity contribution is -0.134. The topological polar surface area (TPSA) is 58.0 Å². The number of rotatable bonds is 4. The molecule has 1 aliphatic carbocycles. The van der Waals surface area contributed by atoms with Crippen LogP contribution in [0.4, 0.5) is 0 Å². The van der Waals surface area contributed by atoms with E-state index in [-0.39, 0.29) is 11.8 Å². The van der Waals surface area contributed by atoms with E-state index in [2.05, 4.69) is 29.4 Å². The molecule has 0 radical (unpaired) electrons. The van der Waals surface area contributed by atoms with Gasteiger partial charge in [-0.3, -0.25) is 14.5 Å². The summed E-state index contributed by atoms with van der Waals surface area (Å²) in [6, 6.07) is 2.61. The molecule has 0 aromatic carbocycles. The molecule has 0 atom stereocenters. The Morgan fingerprint density at radius 3 is 2.23 bits per heavy atom. The molecule has 166 valence electrons. The standard InChI is InChI=1S/C23H36N4O3/c1-18-16-21(19(2)27(18)20-6-4-3-5-7-20)23(29)26-10-8-25(9-11-26)22(28)17-24-12-14-30-15-13-24/h16,20H,3-15,17H2,1-2H3. The van der Waals surface area contributed by atoms with Gasteiger partial charge in [-0.25, -0.2) is 0 Å². The molecule has 0 spiro atoms. The quantitative estimate of drug-likeness (QED) is 0.755. The monoisotopic (exact) mass is 416 g/mol. The fourth-order valence-corrected chi connectivity index (χ4v) is 5.27. The average Bonchev–Trinajstić information content (AvgIpc) is 3.08. The van der Waals surface area contributed by atoms with Crippen molar-refractivity contribution < 1.29 is 14.3 Å². The second-order valence-electron chi connectivity index (χ2n) is 9.01. The number of aromatic nitrogens is 1. The summed E-state index contributed by atoms with van der Waals surface area (Å²) in [5.74, 6) is 0.282. The molecule has 0 N–H and O–H groups in total. The highest BCUT2D eigenvalue weighted by atomic mass is 16.5. The Kier molecular flexibility index (Phi) is 6.78. The van der Waals surface area contributed by atoms with Gasteiger partial charge in [-0.1, -0.05) is 19.3 Å². The number of hydrogen-bond acceptors (Lipinski definition) is 4. The van der Waals surface area contributed by atoms with E-state index in [1.54, 1.807) is 0 Å². The van der Waals surface area contributed by atoms with Gasteiger partial charge in [0.05, 0.1) is 25.3 Å². The van der Waals surface area contributed by atoms with Crippen LogP contribution in [0.2, 0.25) is 0 Å². The third kappa shape index (κ3) is 4.57. The zero-order valence-corrected chi connectivity index (χ0v) is 18.6. The first kappa shape index (κ1) is 21.4. The van der Waals surface area contributed by atoms with E-state index in [1.165, 1.54) is 37.8 Å². The molecule has 1 aromatic heterocycles. The van der Waals surface area contributed by atoms with Gasteiger partial charge in [0.25, 0.3) is 5.91 Å². The fraction of sp³-hybridized carbons (Fsp3) is 0.739. The number of aryl methyl sites for hydroxylation is 1. The normalized spacial score (nSPS) is 21.8. The van der Waals surface area contributed by atoms with Crippen molar-refractivity contribution >= 4 is 11.8 Å². The summed E-state index contributed by atoms with van der Waals surface area (Å²) in [6.45, 7) is 10.2. The van der Waals surface area contributed by atoms with Gasteiger partial charge in [-0.15, -0.1) is 0 Å². The molecule has 1 aromatic rings. The minimum Gasteiger partial charge on any atom is -0.379 e. The molecular weight excluding hydrogens is 380 g/mol. The van der Waals surface area contributed by atoms with Crippen molar-refractivity contribution in [3.63, 3.8) is 0 Å². The second-order valence-corrected chi connectivity index (χ2v) is 9.01. The largest absolute Gasteiger partial charge is 0.379 e. The molecule has 30 heavy (non-hydrogen) atoms. The predicted octanol–water partition coefficient (Wildman–Crippen LogP) is 2.23. The van der Waals surface area contributed by atoms with Crippen molar-refractivity contribution in [2.24, 2.45) is 0 Å². The van der Waals surface area contributed by atoms with Crippen LogP contribution in [0, 0.1) is 13.8 Å². The first-order valence-electron chi connectivity index (χ1n) is 11.6. The number of morpholine rings is 1. The second kappa shape index (κ2) is 9.52. The Labute approximate surface area is 179 Å². The van der Waals surface area contributed by atoms with Gasteiger partial charge in [-0.2, -0.15) is 0 Å². The molecule has 7 heteroatoms. The van der Waals surface area contributed by atoms with Crippen LogP contribution in [-0.4, -0.2) is 90.1 Å². The summed E-state index contributed by atoms with van der Waals surface area (Å²) in [6.07, 6.45) is 6.33. The first-order chi connectivity index (χ1) is 14.5. The van der Waals surface area contributed by atoms with Crippen LogP contribution >= 0.6 is 0 Å². The minimum atomic E-state index is 0.116. The molecule has 1 saturated carbocycles. The van der Waals surface area contributed by atoms with Crippen molar-refractivity contribution in [1.82, 2.24) is 19.3 Å². The Balaban J connectivity index is 1.34. The molecule has 3 aliphatic rings. The molecule has 4 rings (SSSR count). The molecule has 0 bridgehead atoms. The molecule has 7 nitrogen and oxygen atoms in total. The van der Waals surface area contributed by atoms with Gasteiger partial charge in [0.15, 0.2) is 0 Å². The molecule has 2 aliphatic heterocycles. The number of hydrogen-bond donors (Lipinski definition) is 0. The number of ether oxygens (including phenoxy) is 1. The summed E-state index contributed by atoms with van der Waals surface area (Å²) < 4.78 is 7.75. The Hall–Kier alpha value is -1.86. The number of nitrogens with zero attached hydrogens (tertiary/aromatic N) is 4. The zero-order chi connectivity index (χ0) is 21.1. The van der Waals surface area contributed by atoms with E-state index in [0.29, 0.717) is 52.0 Å². The molecule has 2 amide bonds. The highest BCUT2D eigenvalue weighted by Gasteiger charge is 2.29. The predicted molar refractivity (Wildman–Crippen MR) is 116 cm³/mol. The average molecular weight is 417 g/mol. The lowest BCUT2D eigenvalue weighted by Gasteiger charge is -2.36. The number of carbonyl (C=O) groups excluding carboxylic acids is 2. The van der Waals surface area contributed by atoms with E-state index in [4.69, 9.17) is 4.74 Å².